The van der Waals surface area contributed by atoms with E-state index >= 15 is 0 Å². The van der Waals surface area contributed by atoms with Gasteiger partial charge in [0.2, 0.25) is 0 Å². The number of allylic oxidation sites excluding steroid dienone is 2. The fourth-order valence-corrected chi connectivity index (χ4v) is 0.879. The minimum atomic E-state index is 1.07. The highest BCUT2D eigenvalue weighted by atomic mass is 15.3. The van der Waals surface area contributed by atoms with Gasteiger partial charge in [0.15, 0.2) is 0 Å². The minimum Gasteiger partial charge on any atom is -0.364 e. The van der Waals surface area contributed by atoms with Gasteiger partial charge in [0.25, 0.3) is 0 Å². The van der Waals surface area contributed by atoms with Crippen molar-refractivity contribution >= 4 is 0 Å². The summed E-state index contributed by atoms with van der Waals surface area (Å²) in [6.45, 7) is 5.82. The third kappa shape index (κ3) is 3.71. The van der Waals surface area contributed by atoms with Gasteiger partial charge in [0.1, 0.15) is 5.82 Å². The molecule has 0 aromatic heterocycles. The van der Waals surface area contributed by atoms with Crippen LogP contribution in [0.15, 0.2) is 24.0 Å². The Balaban J connectivity index is 4.46. The molecule has 0 aromatic rings. The third-order valence-electron chi connectivity index (χ3n) is 1.29. The summed E-state index contributed by atoms with van der Waals surface area (Å²) in [7, 11) is 8.09. The van der Waals surface area contributed by atoms with E-state index < -0.39 is 0 Å². The molecule has 0 N–H and O–H groups in total. The summed E-state index contributed by atoms with van der Waals surface area (Å²) in [5.74, 6) is 1.16. The van der Waals surface area contributed by atoms with E-state index in [0.29, 0.717) is 0 Å². The molecule has 0 fully saturated rings. The Morgan fingerprint density at radius 1 is 1.09 bits per heavy atom. The average molecular weight is 154 g/mol. The highest BCUT2D eigenvalue weighted by Crippen LogP contribution is 2.04. The van der Waals surface area contributed by atoms with Gasteiger partial charge in [-0.25, -0.2) is 0 Å². The Morgan fingerprint density at radius 3 is 1.55 bits per heavy atom. The van der Waals surface area contributed by atoms with Gasteiger partial charge in [-0.2, -0.15) is 0 Å². The SMILES string of the molecule is C=C(C)C=C(N(C)C)N(C)C. The summed E-state index contributed by atoms with van der Waals surface area (Å²) in [6.07, 6.45) is 2.06. The quantitative estimate of drug-likeness (QED) is 0.569. The first kappa shape index (κ1) is 10.1. The van der Waals surface area contributed by atoms with Crippen LogP contribution in [-0.4, -0.2) is 38.0 Å². The summed E-state index contributed by atoms with van der Waals surface area (Å²) in [4.78, 5) is 4.13. The number of rotatable bonds is 3. The topological polar surface area (TPSA) is 6.48 Å². The molecule has 11 heavy (non-hydrogen) atoms. The summed E-state index contributed by atoms with van der Waals surface area (Å²) in [5, 5.41) is 0. The zero-order valence-corrected chi connectivity index (χ0v) is 8.18. The maximum absolute atomic E-state index is 3.83. The smallest absolute Gasteiger partial charge is 0.103 e. The van der Waals surface area contributed by atoms with Crippen molar-refractivity contribution < 1.29 is 0 Å². The van der Waals surface area contributed by atoms with Crippen LogP contribution in [0.1, 0.15) is 6.92 Å². The van der Waals surface area contributed by atoms with E-state index in [-0.39, 0.29) is 0 Å². The Kier molecular flexibility index (Phi) is 3.72. The standard InChI is InChI=1S/C9H18N2/c1-8(2)7-9(10(3)4)11(5)6/h7H,1H2,2-6H3. The Bertz CT molecular complexity index is 156. The van der Waals surface area contributed by atoms with Crippen molar-refractivity contribution in [3.63, 3.8) is 0 Å². The second-order valence-corrected chi connectivity index (χ2v) is 3.14. The lowest BCUT2D eigenvalue weighted by atomic mass is 10.3. The van der Waals surface area contributed by atoms with Crippen molar-refractivity contribution in [1.82, 2.24) is 9.80 Å². The fourth-order valence-electron chi connectivity index (χ4n) is 0.879. The van der Waals surface area contributed by atoms with Crippen molar-refractivity contribution in [3.8, 4) is 0 Å². The molecule has 2 heteroatoms. The molecule has 0 aliphatic carbocycles. The molecule has 0 heterocycles. The van der Waals surface area contributed by atoms with Crippen LogP contribution in [0, 0.1) is 0 Å². The van der Waals surface area contributed by atoms with Gasteiger partial charge < -0.3 is 9.80 Å². The second kappa shape index (κ2) is 4.06. The Hall–Kier alpha value is -0.920. The number of nitrogens with zero attached hydrogens (tertiary/aromatic N) is 2. The lowest BCUT2D eigenvalue weighted by Gasteiger charge is -2.24. The highest BCUT2D eigenvalue weighted by molar-refractivity contribution is 5.16. The maximum Gasteiger partial charge on any atom is 0.103 e. The molecule has 0 radical (unpaired) electrons. The van der Waals surface area contributed by atoms with Crippen LogP contribution in [0.3, 0.4) is 0 Å². The second-order valence-electron chi connectivity index (χ2n) is 3.14. The normalized spacial score (nSPS) is 8.82. The summed E-state index contributed by atoms with van der Waals surface area (Å²) in [6, 6.07) is 0. The van der Waals surface area contributed by atoms with Gasteiger partial charge in [0, 0.05) is 28.2 Å². The highest BCUT2D eigenvalue weighted by Gasteiger charge is 2.00. The predicted molar refractivity (Wildman–Crippen MR) is 50.3 cm³/mol. The Labute approximate surface area is 69.8 Å². The monoisotopic (exact) mass is 154 g/mol. The minimum absolute atomic E-state index is 1.07. The van der Waals surface area contributed by atoms with E-state index in [4.69, 9.17) is 0 Å². The molecule has 64 valence electrons. The summed E-state index contributed by atoms with van der Waals surface area (Å²) < 4.78 is 0. The van der Waals surface area contributed by atoms with E-state index in [1.807, 2.05) is 35.1 Å². The first-order valence-corrected chi connectivity index (χ1v) is 3.67. The van der Waals surface area contributed by atoms with Crippen LogP contribution in [0.4, 0.5) is 0 Å². The van der Waals surface area contributed by atoms with E-state index in [1.165, 1.54) is 0 Å². The molecular weight excluding hydrogens is 136 g/mol. The van der Waals surface area contributed by atoms with Crippen molar-refractivity contribution in [3.05, 3.63) is 24.0 Å². The van der Waals surface area contributed by atoms with Crippen LogP contribution < -0.4 is 0 Å². The molecule has 0 unspecified atom stereocenters. The van der Waals surface area contributed by atoms with Crippen LogP contribution >= 0.6 is 0 Å². The molecule has 0 atom stereocenters. The van der Waals surface area contributed by atoms with Gasteiger partial charge in [-0.1, -0.05) is 12.2 Å². The van der Waals surface area contributed by atoms with Crippen molar-refractivity contribution in [2.45, 2.75) is 6.92 Å². The van der Waals surface area contributed by atoms with Crippen LogP contribution in [0.25, 0.3) is 0 Å². The molecule has 0 saturated carbocycles. The van der Waals surface area contributed by atoms with Crippen LogP contribution in [0.5, 0.6) is 0 Å². The zero-order valence-electron chi connectivity index (χ0n) is 8.18. The molecule has 0 bridgehead atoms. The Morgan fingerprint density at radius 2 is 1.45 bits per heavy atom. The molecular formula is C9H18N2. The molecule has 0 spiro atoms. The summed E-state index contributed by atoms with van der Waals surface area (Å²) in [5.41, 5.74) is 1.07. The molecule has 0 aliphatic heterocycles. The largest absolute Gasteiger partial charge is 0.364 e. The first-order valence-electron chi connectivity index (χ1n) is 3.67. The average Bonchev–Trinajstić information content (AvgIpc) is 1.81. The molecule has 0 rings (SSSR count). The maximum atomic E-state index is 3.83. The first-order chi connectivity index (χ1) is 4.95. The fraction of sp³-hybridized carbons (Fsp3) is 0.556. The predicted octanol–water partition coefficient (Wildman–Crippen LogP) is 1.53. The van der Waals surface area contributed by atoms with Gasteiger partial charge in [-0.3, -0.25) is 0 Å². The molecule has 2 nitrogen and oxygen atoms in total. The van der Waals surface area contributed by atoms with Gasteiger partial charge in [-0.05, 0) is 13.0 Å². The van der Waals surface area contributed by atoms with E-state index in [1.54, 1.807) is 0 Å². The van der Waals surface area contributed by atoms with Crippen molar-refractivity contribution in [2.24, 2.45) is 0 Å². The van der Waals surface area contributed by atoms with Gasteiger partial charge in [0.05, 0.1) is 0 Å². The molecule has 0 amide bonds. The third-order valence-corrected chi connectivity index (χ3v) is 1.29. The zero-order chi connectivity index (χ0) is 9.02. The molecule has 0 aliphatic rings. The number of hydrogen-bond acceptors (Lipinski definition) is 2. The van der Waals surface area contributed by atoms with E-state index in [2.05, 4.69) is 22.5 Å². The molecule has 0 saturated heterocycles. The molecule has 0 aromatic carbocycles. The van der Waals surface area contributed by atoms with E-state index in [9.17, 15) is 0 Å². The van der Waals surface area contributed by atoms with Gasteiger partial charge >= 0.3 is 0 Å². The van der Waals surface area contributed by atoms with E-state index in [0.717, 1.165) is 11.4 Å². The van der Waals surface area contributed by atoms with Crippen LogP contribution in [0.2, 0.25) is 0 Å². The van der Waals surface area contributed by atoms with Crippen LogP contribution in [-0.2, 0) is 0 Å². The lowest BCUT2D eigenvalue weighted by Crippen LogP contribution is -2.24. The van der Waals surface area contributed by atoms with Gasteiger partial charge in [-0.15, -0.1) is 0 Å². The lowest BCUT2D eigenvalue weighted by molar-refractivity contribution is 0.342. The van der Waals surface area contributed by atoms with Crippen molar-refractivity contribution in [1.29, 1.82) is 0 Å². The number of hydrogen-bond donors (Lipinski definition) is 0. The van der Waals surface area contributed by atoms with Crippen molar-refractivity contribution in [2.75, 3.05) is 28.2 Å². The summed E-state index contributed by atoms with van der Waals surface area (Å²) >= 11 is 0.